The SMILES string of the molecule is N#C/C(=C\c1ccccc1)c1nc2cc(Cl)ccc2o1. The highest BCUT2D eigenvalue weighted by molar-refractivity contribution is 6.31. The number of fused-ring (bicyclic) bond motifs is 1. The van der Waals surface area contributed by atoms with E-state index in [2.05, 4.69) is 11.1 Å². The number of halogens is 1. The second-order valence-electron chi connectivity index (χ2n) is 4.21. The number of rotatable bonds is 2. The van der Waals surface area contributed by atoms with Crippen LogP contribution in [0.5, 0.6) is 0 Å². The number of hydrogen-bond donors (Lipinski definition) is 0. The smallest absolute Gasteiger partial charge is 0.238 e. The number of benzene rings is 2. The average molecular weight is 281 g/mol. The molecule has 0 unspecified atom stereocenters. The molecule has 1 aromatic heterocycles. The Kier molecular flexibility index (Phi) is 3.24. The van der Waals surface area contributed by atoms with Gasteiger partial charge in [-0.3, -0.25) is 0 Å². The van der Waals surface area contributed by atoms with Crippen LogP contribution in [0.3, 0.4) is 0 Å². The van der Waals surface area contributed by atoms with Crippen molar-refractivity contribution in [3.63, 3.8) is 0 Å². The summed E-state index contributed by atoms with van der Waals surface area (Å²) in [6.07, 6.45) is 1.74. The fourth-order valence-electron chi connectivity index (χ4n) is 1.87. The van der Waals surface area contributed by atoms with Crippen LogP contribution in [0.25, 0.3) is 22.7 Å². The van der Waals surface area contributed by atoms with Crippen molar-refractivity contribution in [1.82, 2.24) is 4.98 Å². The quantitative estimate of drug-likeness (QED) is 0.647. The molecule has 0 aliphatic carbocycles. The molecule has 1 heterocycles. The molecule has 0 atom stereocenters. The van der Waals surface area contributed by atoms with E-state index in [4.69, 9.17) is 16.0 Å². The van der Waals surface area contributed by atoms with E-state index in [1.807, 2.05) is 30.3 Å². The van der Waals surface area contributed by atoms with Crippen LogP contribution in [0.4, 0.5) is 0 Å². The molecule has 0 fully saturated rings. The van der Waals surface area contributed by atoms with E-state index < -0.39 is 0 Å². The number of allylic oxidation sites excluding steroid dienone is 1. The summed E-state index contributed by atoms with van der Waals surface area (Å²) in [7, 11) is 0. The van der Waals surface area contributed by atoms with Gasteiger partial charge in [-0.25, -0.2) is 4.98 Å². The van der Waals surface area contributed by atoms with Gasteiger partial charge in [0.15, 0.2) is 5.58 Å². The van der Waals surface area contributed by atoms with Crippen molar-refractivity contribution < 1.29 is 4.42 Å². The van der Waals surface area contributed by atoms with Crippen LogP contribution in [0.15, 0.2) is 52.9 Å². The fourth-order valence-corrected chi connectivity index (χ4v) is 2.04. The summed E-state index contributed by atoms with van der Waals surface area (Å²) in [6.45, 7) is 0. The summed E-state index contributed by atoms with van der Waals surface area (Å²) in [5.74, 6) is 0.300. The Bertz CT molecular complexity index is 829. The molecule has 0 aliphatic rings. The first-order valence-corrected chi connectivity index (χ1v) is 6.37. The first kappa shape index (κ1) is 12.5. The minimum absolute atomic E-state index is 0.300. The van der Waals surface area contributed by atoms with Gasteiger partial charge in [-0.1, -0.05) is 41.9 Å². The molecular weight excluding hydrogens is 272 g/mol. The zero-order valence-electron chi connectivity index (χ0n) is 10.4. The molecule has 0 N–H and O–H groups in total. The van der Waals surface area contributed by atoms with E-state index in [1.165, 1.54) is 0 Å². The van der Waals surface area contributed by atoms with Gasteiger partial charge < -0.3 is 4.42 Å². The number of aromatic nitrogens is 1. The summed E-state index contributed by atoms with van der Waals surface area (Å²) in [5.41, 5.74) is 2.55. The van der Waals surface area contributed by atoms with Crippen molar-refractivity contribution in [3.05, 3.63) is 65.0 Å². The number of nitrogens with zero attached hydrogens (tertiary/aromatic N) is 2. The molecule has 96 valence electrons. The highest BCUT2D eigenvalue weighted by atomic mass is 35.5. The Balaban J connectivity index is 2.08. The topological polar surface area (TPSA) is 49.8 Å². The molecule has 3 rings (SSSR count). The van der Waals surface area contributed by atoms with Gasteiger partial charge in [0.1, 0.15) is 17.2 Å². The van der Waals surface area contributed by atoms with Crippen LogP contribution in [-0.2, 0) is 0 Å². The Hall–Kier alpha value is -2.57. The van der Waals surface area contributed by atoms with Gasteiger partial charge in [0.25, 0.3) is 0 Å². The van der Waals surface area contributed by atoms with E-state index in [1.54, 1.807) is 24.3 Å². The monoisotopic (exact) mass is 280 g/mol. The average Bonchev–Trinajstić information content (AvgIpc) is 2.88. The maximum Gasteiger partial charge on any atom is 0.238 e. The van der Waals surface area contributed by atoms with Gasteiger partial charge in [0, 0.05) is 5.02 Å². The molecular formula is C16H9ClN2O. The Morgan fingerprint density at radius 1 is 1.20 bits per heavy atom. The van der Waals surface area contributed by atoms with Gasteiger partial charge in [-0.15, -0.1) is 0 Å². The molecule has 0 radical (unpaired) electrons. The second kappa shape index (κ2) is 5.20. The zero-order chi connectivity index (χ0) is 13.9. The molecule has 3 aromatic rings. The largest absolute Gasteiger partial charge is 0.435 e. The summed E-state index contributed by atoms with van der Waals surface area (Å²) in [6, 6.07) is 16.9. The van der Waals surface area contributed by atoms with Gasteiger partial charge in [0.2, 0.25) is 5.89 Å². The van der Waals surface area contributed by atoms with Crippen LogP contribution in [-0.4, -0.2) is 4.98 Å². The lowest BCUT2D eigenvalue weighted by atomic mass is 10.1. The number of hydrogen-bond acceptors (Lipinski definition) is 3. The van der Waals surface area contributed by atoms with Crippen LogP contribution >= 0.6 is 11.6 Å². The van der Waals surface area contributed by atoms with E-state index >= 15 is 0 Å². The van der Waals surface area contributed by atoms with Crippen molar-refractivity contribution in [2.24, 2.45) is 0 Å². The Morgan fingerprint density at radius 3 is 2.75 bits per heavy atom. The molecule has 2 aromatic carbocycles. The molecule has 0 saturated heterocycles. The zero-order valence-corrected chi connectivity index (χ0v) is 11.1. The third-order valence-electron chi connectivity index (χ3n) is 2.81. The van der Waals surface area contributed by atoms with E-state index in [0.29, 0.717) is 27.6 Å². The molecule has 0 saturated carbocycles. The standard InChI is InChI=1S/C16H9ClN2O/c17-13-6-7-15-14(9-13)19-16(20-15)12(10-18)8-11-4-2-1-3-5-11/h1-9H/b12-8+. The lowest BCUT2D eigenvalue weighted by Crippen LogP contribution is -1.81. The lowest BCUT2D eigenvalue weighted by Gasteiger charge is -1.93. The third-order valence-corrected chi connectivity index (χ3v) is 3.05. The maximum absolute atomic E-state index is 9.28. The van der Waals surface area contributed by atoms with Crippen molar-refractivity contribution in [3.8, 4) is 6.07 Å². The van der Waals surface area contributed by atoms with Crippen molar-refractivity contribution in [1.29, 1.82) is 5.26 Å². The van der Waals surface area contributed by atoms with Crippen molar-refractivity contribution >= 4 is 34.3 Å². The molecule has 0 bridgehead atoms. The van der Waals surface area contributed by atoms with Crippen molar-refractivity contribution in [2.75, 3.05) is 0 Å². The molecule has 0 amide bonds. The fraction of sp³-hybridized carbons (Fsp3) is 0. The van der Waals surface area contributed by atoms with Crippen LogP contribution < -0.4 is 0 Å². The molecule has 0 spiro atoms. The third kappa shape index (κ3) is 2.42. The molecule has 3 nitrogen and oxygen atoms in total. The Morgan fingerprint density at radius 2 is 2.00 bits per heavy atom. The summed E-state index contributed by atoms with van der Waals surface area (Å²) in [4.78, 5) is 4.30. The maximum atomic E-state index is 9.28. The van der Waals surface area contributed by atoms with Gasteiger partial charge in [-0.05, 0) is 29.8 Å². The summed E-state index contributed by atoms with van der Waals surface area (Å²) >= 11 is 5.91. The van der Waals surface area contributed by atoms with Crippen LogP contribution in [0.1, 0.15) is 11.5 Å². The predicted molar refractivity (Wildman–Crippen MR) is 78.9 cm³/mol. The first-order valence-electron chi connectivity index (χ1n) is 5.99. The van der Waals surface area contributed by atoms with Gasteiger partial charge in [-0.2, -0.15) is 5.26 Å². The summed E-state index contributed by atoms with van der Waals surface area (Å²) in [5, 5.41) is 9.86. The second-order valence-corrected chi connectivity index (χ2v) is 4.65. The van der Waals surface area contributed by atoms with E-state index in [0.717, 1.165) is 5.56 Å². The molecule has 4 heteroatoms. The number of oxazole rings is 1. The number of nitriles is 1. The van der Waals surface area contributed by atoms with Gasteiger partial charge >= 0.3 is 0 Å². The predicted octanol–water partition coefficient (Wildman–Crippen LogP) is 4.55. The summed E-state index contributed by atoms with van der Waals surface area (Å²) < 4.78 is 5.59. The van der Waals surface area contributed by atoms with Crippen LogP contribution in [0, 0.1) is 11.3 Å². The highest BCUT2D eigenvalue weighted by Crippen LogP contribution is 2.24. The Labute approximate surface area is 120 Å². The highest BCUT2D eigenvalue weighted by Gasteiger charge is 2.11. The molecule has 0 aliphatic heterocycles. The van der Waals surface area contributed by atoms with E-state index in [-0.39, 0.29) is 0 Å². The van der Waals surface area contributed by atoms with E-state index in [9.17, 15) is 5.26 Å². The minimum Gasteiger partial charge on any atom is -0.435 e. The first-order chi connectivity index (χ1) is 9.76. The minimum atomic E-state index is 0.300. The van der Waals surface area contributed by atoms with Gasteiger partial charge in [0.05, 0.1) is 0 Å². The molecule has 20 heavy (non-hydrogen) atoms. The van der Waals surface area contributed by atoms with Crippen LogP contribution in [0.2, 0.25) is 5.02 Å². The van der Waals surface area contributed by atoms with Crippen molar-refractivity contribution in [2.45, 2.75) is 0 Å². The normalized spacial score (nSPS) is 11.5. The lowest BCUT2D eigenvalue weighted by molar-refractivity contribution is 0.586.